The van der Waals surface area contributed by atoms with Gasteiger partial charge in [0, 0.05) is 6.42 Å². The van der Waals surface area contributed by atoms with Crippen molar-refractivity contribution >= 4 is 0 Å². The summed E-state index contributed by atoms with van der Waals surface area (Å²) in [5.41, 5.74) is 0.390. The first kappa shape index (κ1) is 9.66. The van der Waals surface area contributed by atoms with Crippen molar-refractivity contribution < 1.29 is 9.50 Å². The predicted molar refractivity (Wildman–Crippen MR) is 53.5 cm³/mol. The maximum Gasteiger partial charge on any atom is 0.123 e. The summed E-state index contributed by atoms with van der Waals surface area (Å²) in [6, 6.07) is 6.37. The van der Waals surface area contributed by atoms with E-state index in [1.165, 1.54) is 12.1 Å². The first-order chi connectivity index (χ1) is 6.58. The van der Waals surface area contributed by atoms with E-state index in [0.29, 0.717) is 12.3 Å². The normalized spacial score (nSPS) is 20.5. The van der Waals surface area contributed by atoms with Gasteiger partial charge < -0.3 is 5.11 Å². The molecule has 76 valence electrons. The van der Waals surface area contributed by atoms with E-state index in [9.17, 15) is 9.50 Å². The first-order valence-electron chi connectivity index (χ1n) is 5.05. The second kappa shape index (κ2) is 3.35. The van der Waals surface area contributed by atoms with Crippen LogP contribution in [0.2, 0.25) is 0 Å². The van der Waals surface area contributed by atoms with Crippen LogP contribution in [0.4, 0.5) is 4.39 Å². The van der Waals surface area contributed by atoms with E-state index in [0.717, 1.165) is 18.4 Å². The van der Waals surface area contributed by atoms with Crippen molar-refractivity contribution in [3.05, 3.63) is 35.6 Å². The Hall–Kier alpha value is -0.890. The fourth-order valence-electron chi connectivity index (χ4n) is 1.87. The van der Waals surface area contributed by atoms with Gasteiger partial charge in [-0.05, 0) is 43.4 Å². The van der Waals surface area contributed by atoms with Gasteiger partial charge >= 0.3 is 0 Å². The molecule has 0 aliphatic heterocycles. The minimum Gasteiger partial charge on any atom is -0.390 e. The average molecular weight is 194 g/mol. The highest BCUT2D eigenvalue weighted by Crippen LogP contribution is 2.41. The highest BCUT2D eigenvalue weighted by atomic mass is 19.1. The summed E-state index contributed by atoms with van der Waals surface area (Å²) in [5.74, 6) is 0.215. The minimum absolute atomic E-state index is 0.222. The van der Waals surface area contributed by atoms with Crippen LogP contribution in [0.15, 0.2) is 24.3 Å². The van der Waals surface area contributed by atoms with Crippen molar-refractivity contribution in [1.82, 2.24) is 0 Å². The number of aliphatic hydroxyl groups is 1. The topological polar surface area (TPSA) is 20.2 Å². The molecule has 1 unspecified atom stereocenters. The highest BCUT2D eigenvalue weighted by molar-refractivity contribution is 5.18. The van der Waals surface area contributed by atoms with Gasteiger partial charge in [-0.3, -0.25) is 0 Å². The molecule has 1 nitrogen and oxygen atoms in total. The smallest absolute Gasteiger partial charge is 0.123 e. The van der Waals surface area contributed by atoms with Crippen LogP contribution in [0.3, 0.4) is 0 Å². The molecule has 1 aromatic rings. The van der Waals surface area contributed by atoms with Gasteiger partial charge in [0.1, 0.15) is 5.82 Å². The molecule has 0 bridgehead atoms. The molecular weight excluding hydrogens is 179 g/mol. The second-order valence-electron chi connectivity index (χ2n) is 4.43. The van der Waals surface area contributed by atoms with E-state index in [1.807, 2.05) is 6.92 Å². The molecule has 1 fully saturated rings. The van der Waals surface area contributed by atoms with Crippen molar-refractivity contribution in [3.63, 3.8) is 0 Å². The fourth-order valence-corrected chi connectivity index (χ4v) is 1.87. The molecule has 0 spiro atoms. The summed E-state index contributed by atoms with van der Waals surface area (Å²) >= 11 is 0. The molecular formula is C12H15FO. The molecule has 1 aliphatic rings. The van der Waals surface area contributed by atoms with Crippen LogP contribution in [0, 0.1) is 11.7 Å². The van der Waals surface area contributed by atoms with Gasteiger partial charge in [0.05, 0.1) is 5.60 Å². The molecule has 14 heavy (non-hydrogen) atoms. The summed E-state index contributed by atoms with van der Waals surface area (Å²) < 4.78 is 12.6. The fraction of sp³-hybridized carbons (Fsp3) is 0.500. The standard InChI is InChI=1S/C12H15FO/c1-12(14,10-4-5-10)8-9-2-6-11(13)7-3-9/h2-3,6-7,10,14H,4-5,8H2,1H3. The Bertz CT molecular complexity index is 312. The number of rotatable bonds is 3. The molecule has 2 heteroatoms. The Morgan fingerprint density at radius 2 is 1.93 bits per heavy atom. The van der Waals surface area contributed by atoms with Gasteiger partial charge in [-0.15, -0.1) is 0 Å². The van der Waals surface area contributed by atoms with Gasteiger partial charge in [0.2, 0.25) is 0 Å². The third kappa shape index (κ3) is 2.13. The van der Waals surface area contributed by atoms with Crippen molar-refractivity contribution in [2.24, 2.45) is 5.92 Å². The minimum atomic E-state index is -0.613. The van der Waals surface area contributed by atoms with Crippen LogP contribution < -0.4 is 0 Å². The summed E-state index contributed by atoms with van der Waals surface area (Å²) in [7, 11) is 0. The average Bonchev–Trinajstić information content (AvgIpc) is 2.91. The lowest BCUT2D eigenvalue weighted by Crippen LogP contribution is -2.29. The maximum absolute atomic E-state index is 12.6. The Balaban J connectivity index is 2.06. The zero-order chi connectivity index (χ0) is 10.2. The molecule has 2 rings (SSSR count). The summed E-state index contributed by atoms with van der Waals surface area (Å²) in [6.07, 6.45) is 2.86. The van der Waals surface area contributed by atoms with Gasteiger partial charge in [-0.25, -0.2) is 4.39 Å². The molecule has 0 radical (unpaired) electrons. The zero-order valence-electron chi connectivity index (χ0n) is 8.33. The lowest BCUT2D eigenvalue weighted by molar-refractivity contribution is 0.0372. The van der Waals surface area contributed by atoms with Crippen LogP contribution in [-0.2, 0) is 6.42 Å². The molecule has 1 saturated carbocycles. The Kier molecular flexibility index (Phi) is 2.31. The van der Waals surface area contributed by atoms with Gasteiger partial charge in [-0.1, -0.05) is 12.1 Å². The van der Waals surface area contributed by atoms with E-state index in [4.69, 9.17) is 0 Å². The van der Waals surface area contributed by atoms with Crippen LogP contribution in [0.1, 0.15) is 25.3 Å². The SMILES string of the molecule is CC(O)(Cc1ccc(F)cc1)C1CC1. The van der Waals surface area contributed by atoms with E-state index in [-0.39, 0.29) is 5.82 Å². The van der Waals surface area contributed by atoms with Crippen LogP contribution >= 0.6 is 0 Å². The van der Waals surface area contributed by atoms with Crippen molar-refractivity contribution in [2.75, 3.05) is 0 Å². The van der Waals surface area contributed by atoms with E-state index in [1.54, 1.807) is 12.1 Å². The number of hydrogen-bond acceptors (Lipinski definition) is 1. The van der Waals surface area contributed by atoms with Gasteiger partial charge in [0.25, 0.3) is 0 Å². The molecule has 0 amide bonds. The Morgan fingerprint density at radius 1 is 1.36 bits per heavy atom. The van der Waals surface area contributed by atoms with Crippen LogP contribution in [0.5, 0.6) is 0 Å². The van der Waals surface area contributed by atoms with Gasteiger partial charge in [-0.2, -0.15) is 0 Å². The lowest BCUT2D eigenvalue weighted by Gasteiger charge is -2.22. The summed E-state index contributed by atoms with van der Waals surface area (Å²) in [4.78, 5) is 0. The van der Waals surface area contributed by atoms with Gasteiger partial charge in [0.15, 0.2) is 0 Å². The van der Waals surface area contributed by atoms with Crippen molar-refractivity contribution in [1.29, 1.82) is 0 Å². The molecule has 1 N–H and O–H groups in total. The summed E-state index contributed by atoms with van der Waals surface area (Å²) in [5, 5.41) is 10.1. The zero-order valence-corrected chi connectivity index (χ0v) is 8.33. The van der Waals surface area contributed by atoms with E-state index in [2.05, 4.69) is 0 Å². The molecule has 1 atom stereocenters. The van der Waals surface area contributed by atoms with E-state index >= 15 is 0 Å². The Morgan fingerprint density at radius 3 is 2.43 bits per heavy atom. The van der Waals surface area contributed by atoms with Crippen LogP contribution in [-0.4, -0.2) is 10.7 Å². The van der Waals surface area contributed by atoms with Crippen molar-refractivity contribution in [2.45, 2.75) is 31.8 Å². The maximum atomic E-state index is 12.6. The van der Waals surface area contributed by atoms with Crippen molar-refractivity contribution in [3.8, 4) is 0 Å². The quantitative estimate of drug-likeness (QED) is 0.784. The monoisotopic (exact) mass is 194 g/mol. The Labute approximate surface area is 83.6 Å². The third-order valence-electron chi connectivity index (χ3n) is 2.93. The largest absolute Gasteiger partial charge is 0.390 e. The lowest BCUT2D eigenvalue weighted by atomic mass is 9.92. The molecule has 1 aliphatic carbocycles. The number of benzene rings is 1. The molecule has 0 aromatic heterocycles. The van der Waals surface area contributed by atoms with E-state index < -0.39 is 5.60 Å². The molecule has 0 heterocycles. The number of hydrogen-bond donors (Lipinski definition) is 1. The molecule has 0 saturated heterocycles. The predicted octanol–water partition coefficient (Wildman–Crippen LogP) is 2.53. The highest BCUT2D eigenvalue weighted by Gasteiger charge is 2.39. The summed E-state index contributed by atoms with van der Waals surface area (Å²) in [6.45, 7) is 1.87. The second-order valence-corrected chi connectivity index (χ2v) is 4.43. The first-order valence-corrected chi connectivity index (χ1v) is 5.05. The third-order valence-corrected chi connectivity index (χ3v) is 2.93. The molecule has 1 aromatic carbocycles. The van der Waals surface area contributed by atoms with Crippen LogP contribution in [0.25, 0.3) is 0 Å². The number of halogens is 1.